The summed E-state index contributed by atoms with van der Waals surface area (Å²) in [5.74, 6) is 1.35. The molecule has 2 aromatic rings. The predicted octanol–water partition coefficient (Wildman–Crippen LogP) is 4.76. The van der Waals surface area contributed by atoms with Gasteiger partial charge in [0.15, 0.2) is 0 Å². The molecule has 2 saturated heterocycles. The molecule has 0 radical (unpaired) electrons. The van der Waals surface area contributed by atoms with E-state index in [1.807, 2.05) is 41.3 Å². The summed E-state index contributed by atoms with van der Waals surface area (Å²) in [5, 5.41) is 14.2. The average molecular weight is 596 g/mol. The largest absolute Gasteiger partial charge is 0.457 e. The molecule has 42 heavy (non-hydrogen) atoms. The lowest BCUT2D eigenvalue weighted by atomic mass is 9.77. The number of benzene rings is 2. The van der Waals surface area contributed by atoms with Gasteiger partial charge in [-0.3, -0.25) is 18.7 Å². The van der Waals surface area contributed by atoms with Gasteiger partial charge in [-0.2, -0.15) is 0 Å². The molecule has 1 spiro atoms. The molecule has 3 fully saturated rings. The van der Waals surface area contributed by atoms with Gasteiger partial charge in [-0.05, 0) is 74.1 Å². The minimum Gasteiger partial charge on any atom is -0.457 e. The Kier molecular flexibility index (Phi) is 9.70. The van der Waals surface area contributed by atoms with Crippen LogP contribution in [0.2, 0.25) is 0 Å². The Hall–Kier alpha value is -2.75. The third-order valence-electron chi connectivity index (χ3n) is 9.32. The van der Waals surface area contributed by atoms with Gasteiger partial charge in [0, 0.05) is 54.6 Å². The number of likely N-dealkylation sites (tertiary alicyclic amines) is 1. The summed E-state index contributed by atoms with van der Waals surface area (Å²) >= 11 is 0. The number of piperidine rings is 1. The van der Waals surface area contributed by atoms with Crippen molar-refractivity contribution >= 4 is 22.6 Å². The van der Waals surface area contributed by atoms with Crippen molar-refractivity contribution < 1.29 is 23.6 Å². The molecule has 2 aromatic carbocycles. The normalized spacial score (nSPS) is 23.0. The molecule has 228 valence electrons. The molecule has 0 aromatic heterocycles. The smallest absolute Gasteiger partial charge is 0.246 e. The van der Waals surface area contributed by atoms with Gasteiger partial charge >= 0.3 is 0 Å². The highest BCUT2D eigenvalue weighted by atomic mass is 32.2. The van der Waals surface area contributed by atoms with Crippen molar-refractivity contribution in [1.82, 2.24) is 15.1 Å². The van der Waals surface area contributed by atoms with Crippen LogP contribution < -0.4 is 10.1 Å². The lowest BCUT2D eigenvalue weighted by Gasteiger charge is -2.52. The van der Waals surface area contributed by atoms with Crippen LogP contribution in [0.5, 0.6) is 11.5 Å². The molecule has 1 unspecified atom stereocenters. The fraction of sp³-hybridized carbons (Fsp3) is 0.576. The number of hydrogen-bond donors (Lipinski definition) is 2. The zero-order chi connectivity index (χ0) is 29.7. The Bertz CT molecular complexity index is 1250. The highest BCUT2D eigenvalue weighted by molar-refractivity contribution is 7.84. The summed E-state index contributed by atoms with van der Waals surface area (Å²) in [7, 11) is -1.02. The molecule has 1 aliphatic carbocycles. The van der Waals surface area contributed by atoms with Crippen molar-refractivity contribution in [1.29, 1.82) is 0 Å². The van der Waals surface area contributed by atoms with Crippen LogP contribution in [0.4, 0.5) is 0 Å². The minimum atomic E-state index is -1.02. The Morgan fingerprint density at radius 2 is 1.57 bits per heavy atom. The molecule has 0 bridgehead atoms. The second kappa shape index (κ2) is 13.3. The van der Waals surface area contributed by atoms with Gasteiger partial charge in [-0.1, -0.05) is 44.7 Å². The summed E-state index contributed by atoms with van der Waals surface area (Å²) < 4.78 is 17.6. The maximum Gasteiger partial charge on any atom is 0.246 e. The molecule has 2 N–H and O–H groups in total. The van der Waals surface area contributed by atoms with Crippen LogP contribution >= 0.6 is 0 Å². The number of rotatable bonds is 10. The first-order chi connectivity index (χ1) is 20.2. The second-order valence-electron chi connectivity index (χ2n) is 12.3. The van der Waals surface area contributed by atoms with Crippen LogP contribution in [0.1, 0.15) is 76.7 Å². The molecular formula is C33H45N3O5S. The number of carbonyl (C=O) groups is 2. The van der Waals surface area contributed by atoms with Gasteiger partial charge in [-0.15, -0.1) is 0 Å². The molecule has 2 heterocycles. The molecule has 9 heteroatoms. The first-order valence-corrected chi connectivity index (χ1v) is 17.0. The van der Waals surface area contributed by atoms with Crippen LogP contribution in [0.3, 0.4) is 0 Å². The molecule has 3 aliphatic rings. The first kappa shape index (κ1) is 30.7. The molecular weight excluding hydrogens is 550 g/mol. The fourth-order valence-electron chi connectivity index (χ4n) is 6.78. The number of piperazine rings is 1. The van der Waals surface area contributed by atoms with Crippen molar-refractivity contribution in [3.8, 4) is 11.5 Å². The quantitative estimate of drug-likeness (QED) is 0.411. The Morgan fingerprint density at radius 3 is 2.17 bits per heavy atom. The Balaban J connectivity index is 1.19. The molecule has 2 amide bonds. The highest BCUT2D eigenvalue weighted by Gasteiger charge is 2.54. The predicted molar refractivity (Wildman–Crippen MR) is 164 cm³/mol. The van der Waals surface area contributed by atoms with E-state index in [9.17, 15) is 18.9 Å². The average Bonchev–Trinajstić information content (AvgIpc) is 2.98. The number of unbranched alkanes of at least 4 members (excludes halogenated alkanes) is 1. The summed E-state index contributed by atoms with van der Waals surface area (Å²) in [4.78, 5) is 32.5. The topological polar surface area (TPSA) is 99.2 Å². The Labute approximate surface area is 252 Å². The van der Waals surface area contributed by atoms with Gasteiger partial charge in [0.25, 0.3) is 0 Å². The van der Waals surface area contributed by atoms with Crippen molar-refractivity contribution in [3.05, 3.63) is 54.1 Å². The molecule has 2 aliphatic heterocycles. The van der Waals surface area contributed by atoms with Crippen LogP contribution in [0, 0.1) is 0 Å². The van der Waals surface area contributed by atoms with E-state index < -0.39 is 28.0 Å². The number of carbonyl (C=O) groups excluding carboxylic acids is 2. The summed E-state index contributed by atoms with van der Waals surface area (Å²) in [6.07, 6.45) is 9.44. The Morgan fingerprint density at radius 1 is 0.952 bits per heavy atom. The first-order valence-electron chi connectivity index (χ1n) is 15.5. The van der Waals surface area contributed by atoms with Crippen molar-refractivity contribution in [2.75, 3.05) is 25.9 Å². The zero-order valence-corrected chi connectivity index (χ0v) is 25.8. The SMILES string of the molecule is CCCCN1C(=O)[C@@H](CC2(O)CCCCC2)NC(=O)C12CCN(Cc1ccc(Oc3ccc(S(C)=O)cc3)cc1)CC2. The summed E-state index contributed by atoms with van der Waals surface area (Å²) in [6, 6.07) is 14.6. The minimum absolute atomic E-state index is 0.0244. The van der Waals surface area contributed by atoms with E-state index in [2.05, 4.69) is 29.3 Å². The summed E-state index contributed by atoms with van der Waals surface area (Å²) in [5.41, 5.74) is -0.521. The van der Waals surface area contributed by atoms with Crippen LogP contribution in [0.25, 0.3) is 0 Å². The fourth-order valence-corrected chi connectivity index (χ4v) is 7.30. The van der Waals surface area contributed by atoms with E-state index in [1.165, 1.54) is 0 Å². The van der Waals surface area contributed by atoms with Gasteiger partial charge in [0.2, 0.25) is 11.8 Å². The molecule has 1 saturated carbocycles. The van der Waals surface area contributed by atoms with E-state index in [0.29, 0.717) is 44.4 Å². The third-order valence-corrected chi connectivity index (χ3v) is 10.3. The molecule has 2 atom stereocenters. The monoisotopic (exact) mass is 595 g/mol. The standard InChI is InChI=1S/C33H45N3O5S/c1-3-4-20-36-30(37)29(23-32(39)16-6-5-7-17-32)34-31(38)33(36)18-21-35(22-19-33)24-25-8-10-26(11-9-25)41-27-12-14-28(15-13-27)42(2)40/h8-15,29,39H,3-7,16-24H2,1-2H3,(H,34,38)/t29-,42?/m1/s1. The second-order valence-corrected chi connectivity index (χ2v) is 13.7. The third kappa shape index (κ3) is 6.90. The molecule has 5 rings (SSSR count). The lowest BCUT2D eigenvalue weighted by Crippen LogP contribution is -2.73. The summed E-state index contributed by atoms with van der Waals surface area (Å²) in [6.45, 7) is 4.89. The van der Waals surface area contributed by atoms with Crippen LogP contribution in [0.15, 0.2) is 53.4 Å². The van der Waals surface area contributed by atoms with E-state index in [1.54, 1.807) is 6.26 Å². The van der Waals surface area contributed by atoms with Crippen molar-refractivity contribution in [2.45, 2.75) is 99.8 Å². The number of nitrogens with one attached hydrogen (secondary N) is 1. The maximum atomic E-state index is 13.8. The van der Waals surface area contributed by atoms with Crippen molar-refractivity contribution in [3.63, 3.8) is 0 Å². The number of ether oxygens (including phenoxy) is 1. The van der Waals surface area contributed by atoms with E-state index >= 15 is 0 Å². The maximum absolute atomic E-state index is 13.8. The number of amides is 2. The van der Waals surface area contributed by atoms with Crippen LogP contribution in [-0.4, -0.2) is 74.0 Å². The lowest BCUT2D eigenvalue weighted by molar-refractivity contribution is -0.163. The van der Waals surface area contributed by atoms with Gasteiger partial charge in [0.1, 0.15) is 23.1 Å². The van der Waals surface area contributed by atoms with E-state index in [4.69, 9.17) is 4.74 Å². The van der Waals surface area contributed by atoms with Crippen LogP contribution in [-0.2, 0) is 26.9 Å². The van der Waals surface area contributed by atoms with Gasteiger partial charge in [-0.25, -0.2) is 0 Å². The van der Waals surface area contributed by atoms with Gasteiger partial charge < -0.3 is 20.1 Å². The highest BCUT2D eigenvalue weighted by Crippen LogP contribution is 2.37. The number of aliphatic hydroxyl groups is 1. The van der Waals surface area contributed by atoms with E-state index in [0.717, 1.165) is 67.9 Å². The van der Waals surface area contributed by atoms with E-state index in [-0.39, 0.29) is 11.8 Å². The number of nitrogens with zero attached hydrogens (tertiary/aromatic N) is 2. The molecule has 8 nitrogen and oxygen atoms in total. The zero-order valence-electron chi connectivity index (χ0n) is 25.0. The van der Waals surface area contributed by atoms with Gasteiger partial charge in [0.05, 0.1) is 5.60 Å². The van der Waals surface area contributed by atoms with Crippen molar-refractivity contribution in [2.24, 2.45) is 0 Å². The number of hydrogen-bond acceptors (Lipinski definition) is 6.